The van der Waals surface area contributed by atoms with Gasteiger partial charge in [-0.3, -0.25) is 4.79 Å². The number of hydrogen-bond donors (Lipinski definition) is 2. The van der Waals surface area contributed by atoms with Gasteiger partial charge in [0.1, 0.15) is 11.9 Å². The molecule has 5 atom stereocenters. The molecule has 30 heavy (non-hydrogen) atoms. The molecule has 0 aromatic heterocycles. The smallest absolute Gasteiger partial charge is 0.315 e. The third-order valence-corrected chi connectivity index (χ3v) is 7.81. The molecule has 0 saturated heterocycles. The molecule has 4 rings (SSSR count). The second kappa shape index (κ2) is 9.75. The summed E-state index contributed by atoms with van der Waals surface area (Å²) in [7, 11) is 1.39. The molecule has 2 N–H and O–H groups in total. The van der Waals surface area contributed by atoms with Gasteiger partial charge in [0, 0.05) is 23.8 Å². The second-order valence-electron chi connectivity index (χ2n) is 8.79. The minimum atomic E-state index is -0.474. The number of ether oxygens (including phenoxy) is 2. The van der Waals surface area contributed by atoms with Crippen LogP contribution in [0.25, 0.3) is 0 Å². The molecule has 1 aromatic carbocycles. The number of carbonyl (C=O) groups excluding carboxylic acids is 1. The maximum Gasteiger partial charge on any atom is 0.315 e. The zero-order chi connectivity index (χ0) is 21.1. The summed E-state index contributed by atoms with van der Waals surface area (Å²) in [6.07, 6.45) is 10.6. The molecule has 0 unspecified atom stereocenters. The molecular formula is C24H32O5S. The summed E-state index contributed by atoms with van der Waals surface area (Å²) in [4.78, 5) is 12.5. The van der Waals surface area contributed by atoms with Gasteiger partial charge in [-0.05, 0) is 18.4 Å². The van der Waals surface area contributed by atoms with E-state index in [1.54, 1.807) is 0 Å². The molecule has 2 aliphatic carbocycles. The molecule has 0 radical (unpaired) electrons. The topological polar surface area (TPSA) is 76.0 Å². The van der Waals surface area contributed by atoms with Crippen molar-refractivity contribution in [2.24, 2.45) is 11.8 Å². The number of fused-ring (bicyclic) bond motifs is 3. The molecule has 1 aromatic rings. The van der Waals surface area contributed by atoms with E-state index in [2.05, 4.69) is 6.07 Å². The summed E-state index contributed by atoms with van der Waals surface area (Å²) in [5, 5.41) is 21.2. The van der Waals surface area contributed by atoms with E-state index in [-0.39, 0.29) is 29.7 Å². The van der Waals surface area contributed by atoms with Gasteiger partial charge in [-0.25, -0.2) is 0 Å². The number of aliphatic hydroxyl groups excluding tert-OH is 2. The van der Waals surface area contributed by atoms with Crippen molar-refractivity contribution in [3.63, 3.8) is 0 Å². The first-order chi connectivity index (χ1) is 14.6. The third kappa shape index (κ3) is 4.71. The number of rotatable bonds is 7. The van der Waals surface area contributed by atoms with Crippen LogP contribution in [0.3, 0.4) is 0 Å². The van der Waals surface area contributed by atoms with Crippen LogP contribution in [0.2, 0.25) is 0 Å². The summed E-state index contributed by atoms with van der Waals surface area (Å²) >= 11 is 1.42. The predicted molar refractivity (Wildman–Crippen MR) is 117 cm³/mol. The monoisotopic (exact) mass is 432 g/mol. The maximum absolute atomic E-state index is 11.5. The summed E-state index contributed by atoms with van der Waals surface area (Å²) in [5.41, 5.74) is 1.09. The summed E-state index contributed by atoms with van der Waals surface area (Å²) in [6, 6.07) is 6.00. The molecule has 0 spiro atoms. The van der Waals surface area contributed by atoms with Crippen molar-refractivity contribution < 1.29 is 24.5 Å². The number of carbonyl (C=O) groups is 1. The molecule has 5 nitrogen and oxygen atoms in total. The van der Waals surface area contributed by atoms with Gasteiger partial charge in [-0.1, -0.05) is 56.4 Å². The standard InChI is InChI=1S/C24H32O5S/c1-28-22(27)14-30-21-9-5-8-18-23-17(19(26)13-20(23)29-24(18)21)11-10-16(25)12-15-6-3-2-4-7-15/h5,8-11,15-17,19-20,23,25-26H,2-4,6-7,12-14H2,1H3/b11-10+/t16-,17+,19-,20+,23+/m1/s1. The van der Waals surface area contributed by atoms with Crippen LogP contribution < -0.4 is 4.74 Å². The Morgan fingerprint density at radius 3 is 2.90 bits per heavy atom. The number of para-hydroxylation sites is 1. The lowest BCUT2D eigenvalue weighted by Crippen LogP contribution is -2.18. The van der Waals surface area contributed by atoms with Crippen LogP contribution in [-0.2, 0) is 9.53 Å². The van der Waals surface area contributed by atoms with Crippen LogP contribution in [0.5, 0.6) is 5.75 Å². The Labute approximate surface area is 182 Å². The Morgan fingerprint density at radius 1 is 1.33 bits per heavy atom. The molecule has 0 amide bonds. The summed E-state index contributed by atoms with van der Waals surface area (Å²) < 4.78 is 11.0. The molecule has 1 heterocycles. The van der Waals surface area contributed by atoms with Gasteiger partial charge in [-0.2, -0.15) is 0 Å². The summed E-state index contributed by atoms with van der Waals surface area (Å²) in [5.74, 6) is 1.42. The van der Waals surface area contributed by atoms with Gasteiger partial charge in [0.05, 0.1) is 30.0 Å². The molecule has 3 aliphatic rings. The van der Waals surface area contributed by atoms with Crippen molar-refractivity contribution in [1.29, 1.82) is 0 Å². The molecular weight excluding hydrogens is 400 g/mol. The van der Waals surface area contributed by atoms with Crippen molar-refractivity contribution in [3.05, 3.63) is 35.9 Å². The van der Waals surface area contributed by atoms with Crippen LogP contribution in [-0.4, -0.2) is 47.4 Å². The Balaban J connectivity index is 1.45. The number of hydrogen-bond acceptors (Lipinski definition) is 6. The number of benzene rings is 1. The van der Waals surface area contributed by atoms with Gasteiger partial charge < -0.3 is 19.7 Å². The first kappa shape index (κ1) is 21.7. The van der Waals surface area contributed by atoms with E-state index in [1.807, 2.05) is 24.3 Å². The van der Waals surface area contributed by atoms with Gasteiger partial charge in [0.15, 0.2) is 0 Å². The summed E-state index contributed by atoms with van der Waals surface area (Å²) in [6.45, 7) is 0. The Kier molecular flexibility index (Phi) is 7.06. The van der Waals surface area contributed by atoms with Crippen LogP contribution in [0, 0.1) is 11.8 Å². The lowest BCUT2D eigenvalue weighted by Gasteiger charge is -2.23. The average molecular weight is 433 g/mol. The highest BCUT2D eigenvalue weighted by atomic mass is 32.2. The lowest BCUT2D eigenvalue weighted by atomic mass is 9.84. The van der Waals surface area contributed by atoms with E-state index in [4.69, 9.17) is 9.47 Å². The fourth-order valence-electron chi connectivity index (χ4n) is 5.29. The fraction of sp³-hybridized carbons (Fsp3) is 0.625. The second-order valence-corrected chi connectivity index (χ2v) is 9.81. The number of aliphatic hydroxyl groups is 2. The van der Waals surface area contributed by atoms with Crippen molar-refractivity contribution in [1.82, 2.24) is 0 Å². The van der Waals surface area contributed by atoms with Gasteiger partial charge in [0.25, 0.3) is 0 Å². The van der Waals surface area contributed by atoms with Gasteiger partial charge >= 0.3 is 5.97 Å². The molecule has 2 saturated carbocycles. The third-order valence-electron chi connectivity index (χ3n) is 6.80. The zero-order valence-corrected chi connectivity index (χ0v) is 18.4. The SMILES string of the molecule is COC(=O)CSc1cccc2c1O[C@H]1C[C@@H](O)[C@H](/C=C/[C@@H](O)CC3CCCCC3)[C@@H]21. The average Bonchev–Trinajstić information content (AvgIpc) is 3.26. The first-order valence-electron chi connectivity index (χ1n) is 11.1. The lowest BCUT2D eigenvalue weighted by molar-refractivity contribution is -0.137. The van der Waals surface area contributed by atoms with E-state index >= 15 is 0 Å². The van der Waals surface area contributed by atoms with E-state index in [9.17, 15) is 15.0 Å². The molecule has 1 aliphatic heterocycles. The van der Waals surface area contributed by atoms with E-state index < -0.39 is 12.2 Å². The Morgan fingerprint density at radius 2 is 2.13 bits per heavy atom. The first-order valence-corrected chi connectivity index (χ1v) is 12.1. The highest BCUT2D eigenvalue weighted by Crippen LogP contribution is 2.53. The number of thioether (sulfide) groups is 1. The molecule has 2 fully saturated rings. The minimum absolute atomic E-state index is 0.0694. The van der Waals surface area contributed by atoms with Crippen molar-refractivity contribution in [2.45, 2.75) is 74.1 Å². The number of esters is 1. The molecule has 6 heteroatoms. The van der Waals surface area contributed by atoms with E-state index in [1.165, 1.54) is 51.0 Å². The largest absolute Gasteiger partial charge is 0.488 e. The van der Waals surface area contributed by atoms with Gasteiger partial charge in [-0.15, -0.1) is 11.8 Å². The van der Waals surface area contributed by atoms with E-state index in [0.29, 0.717) is 12.3 Å². The van der Waals surface area contributed by atoms with Crippen molar-refractivity contribution in [3.8, 4) is 5.75 Å². The van der Waals surface area contributed by atoms with Crippen LogP contribution >= 0.6 is 11.8 Å². The molecule has 0 bridgehead atoms. The fourth-order valence-corrected chi connectivity index (χ4v) is 6.15. The molecule has 164 valence electrons. The maximum atomic E-state index is 11.5. The van der Waals surface area contributed by atoms with Crippen molar-refractivity contribution >= 4 is 17.7 Å². The Hall–Kier alpha value is -1.50. The highest BCUT2D eigenvalue weighted by molar-refractivity contribution is 8.00. The minimum Gasteiger partial charge on any atom is -0.488 e. The predicted octanol–water partition coefficient (Wildman–Crippen LogP) is 4.06. The normalized spacial score (nSPS) is 29.4. The van der Waals surface area contributed by atoms with Crippen LogP contribution in [0.15, 0.2) is 35.2 Å². The van der Waals surface area contributed by atoms with Crippen LogP contribution in [0.4, 0.5) is 0 Å². The van der Waals surface area contributed by atoms with Crippen molar-refractivity contribution in [2.75, 3.05) is 12.9 Å². The number of methoxy groups -OCH3 is 1. The van der Waals surface area contributed by atoms with Gasteiger partial charge in [0.2, 0.25) is 0 Å². The van der Waals surface area contributed by atoms with Crippen LogP contribution in [0.1, 0.15) is 56.4 Å². The highest BCUT2D eigenvalue weighted by Gasteiger charge is 2.49. The van der Waals surface area contributed by atoms with E-state index in [0.717, 1.165) is 22.6 Å². The Bertz CT molecular complexity index is 773. The zero-order valence-electron chi connectivity index (χ0n) is 17.5. The quantitative estimate of drug-likeness (QED) is 0.384.